The van der Waals surface area contributed by atoms with Crippen molar-refractivity contribution in [2.24, 2.45) is 5.92 Å². The number of unbranched alkanes of at least 4 members (excludes halogenated alkanes) is 1. The lowest BCUT2D eigenvalue weighted by atomic mass is 10.1. The molecule has 0 saturated carbocycles. The third-order valence-corrected chi connectivity index (χ3v) is 3.98. The second-order valence-corrected chi connectivity index (χ2v) is 6.78. The van der Waals surface area contributed by atoms with E-state index in [1.807, 2.05) is 31.2 Å². The fourth-order valence-electron chi connectivity index (χ4n) is 2.56. The second-order valence-electron chi connectivity index (χ2n) is 6.78. The van der Waals surface area contributed by atoms with Crippen molar-refractivity contribution < 1.29 is 23.8 Å². The summed E-state index contributed by atoms with van der Waals surface area (Å²) >= 11 is 0. The maximum Gasteiger partial charge on any atom is 0.409 e. The molecule has 0 aliphatic carbocycles. The molecule has 0 spiro atoms. The number of amides is 1. The van der Waals surface area contributed by atoms with Crippen LogP contribution in [0.2, 0.25) is 0 Å². The van der Waals surface area contributed by atoms with Gasteiger partial charge in [0.2, 0.25) is 0 Å². The molecule has 152 valence electrons. The van der Waals surface area contributed by atoms with Gasteiger partial charge in [0.1, 0.15) is 5.75 Å². The van der Waals surface area contributed by atoms with Gasteiger partial charge in [-0.25, -0.2) is 4.79 Å². The molecule has 6 nitrogen and oxygen atoms in total. The summed E-state index contributed by atoms with van der Waals surface area (Å²) in [5.74, 6) is 0.863. The van der Waals surface area contributed by atoms with Crippen LogP contribution in [0.15, 0.2) is 24.3 Å². The molecule has 1 N–H and O–H groups in total. The Labute approximate surface area is 162 Å². The van der Waals surface area contributed by atoms with E-state index >= 15 is 0 Å². The maximum absolute atomic E-state index is 11.8. The minimum absolute atomic E-state index is 0.345. The quantitative estimate of drug-likeness (QED) is 0.330. The third kappa shape index (κ3) is 10.5. The van der Waals surface area contributed by atoms with Crippen molar-refractivity contribution in [1.29, 1.82) is 0 Å². The van der Waals surface area contributed by atoms with Crippen molar-refractivity contribution in [3.05, 3.63) is 29.8 Å². The average Bonchev–Trinajstić information content (AvgIpc) is 2.61. The Bertz CT molecular complexity index is 558. The van der Waals surface area contributed by atoms with Crippen molar-refractivity contribution in [1.82, 2.24) is 5.32 Å². The average molecular weight is 379 g/mol. The number of carbonyl (C=O) groups is 2. The summed E-state index contributed by atoms with van der Waals surface area (Å²) in [4.78, 5) is 23.1. The molecule has 0 bridgehead atoms. The van der Waals surface area contributed by atoms with E-state index in [0.29, 0.717) is 25.6 Å². The van der Waals surface area contributed by atoms with Crippen molar-refractivity contribution in [3.8, 4) is 5.75 Å². The molecule has 1 aromatic rings. The molecular weight excluding hydrogens is 346 g/mol. The predicted molar refractivity (Wildman–Crippen MR) is 105 cm³/mol. The van der Waals surface area contributed by atoms with Gasteiger partial charge in [-0.1, -0.05) is 45.7 Å². The van der Waals surface area contributed by atoms with E-state index in [-0.39, 0.29) is 0 Å². The summed E-state index contributed by atoms with van der Waals surface area (Å²) in [5.41, 5.74) is 0.920. The van der Waals surface area contributed by atoms with Gasteiger partial charge in [-0.2, -0.15) is 0 Å². The maximum atomic E-state index is 11.8. The number of hydrogen-bond donors (Lipinski definition) is 1. The first kappa shape index (κ1) is 22.8. The van der Waals surface area contributed by atoms with E-state index in [1.165, 1.54) is 6.92 Å². The van der Waals surface area contributed by atoms with Crippen molar-refractivity contribution in [2.75, 3.05) is 13.2 Å². The molecule has 0 radical (unpaired) electrons. The van der Waals surface area contributed by atoms with Crippen molar-refractivity contribution >= 4 is 12.1 Å². The van der Waals surface area contributed by atoms with E-state index in [4.69, 9.17) is 14.2 Å². The van der Waals surface area contributed by atoms with Crippen LogP contribution in [0.4, 0.5) is 4.79 Å². The Hall–Kier alpha value is -2.24. The fourth-order valence-corrected chi connectivity index (χ4v) is 2.56. The van der Waals surface area contributed by atoms with Crippen LogP contribution in [-0.4, -0.2) is 31.5 Å². The molecule has 0 fully saturated rings. The highest BCUT2D eigenvalue weighted by molar-refractivity contribution is 5.69. The predicted octanol–water partition coefficient (Wildman–Crippen LogP) is 4.46. The Morgan fingerprint density at radius 3 is 2.41 bits per heavy atom. The van der Waals surface area contributed by atoms with Gasteiger partial charge >= 0.3 is 12.1 Å². The molecule has 0 heterocycles. The van der Waals surface area contributed by atoms with Crippen LogP contribution in [0.3, 0.4) is 0 Å². The monoisotopic (exact) mass is 379 g/mol. The smallest absolute Gasteiger partial charge is 0.409 e. The van der Waals surface area contributed by atoms with E-state index in [2.05, 4.69) is 19.2 Å². The Kier molecular flexibility index (Phi) is 11.0. The van der Waals surface area contributed by atoms with E-state index < -0.39 is 18.3 Å². The van der Waals surface area contributed by atoms with Crippen molar-refractivity contribution in [2.45, 2.75) is 66.0 Å². The van der Waals surface area contributed by atoms with E-state index in [9.17, 15) is 9.59 Å². The minimum atomic E-state index is -0.770. The lowest BCUT2D eigenvalue weighted by Gasteiger charge is -2.19. The van der Waals surface area contributed by atoms with E-state index in [0.717, 1.165) is 37.0 Å². The van der Waals surface area contributed by atoms with Gasteiger partial charge in [-0.05, 0) is 36.5 Å². The largest absolute Gasteiger partial charge is 0.493 e. The normalized spacial score (nSPS) is 12.7. The number of esters is 1. The molecule has 6 heteroatoms. The molecule has 2 atom stereocenters. The number of nitrogens with one attached hydrogen (secondary N) is 1. The number of benzene rings is 1. The van der Waals surface area contributed by atoms with E-state index in [1.54, 1.807) is 0 Å². The van der Waals surface area contributed by atoms with Gasteiger partial charge in [0.05, 0.1) is 13.2 Å². The summed E-state index contributed by atoms with van der Waals surface area (Å²) in [6.07, 6.45) is 3.02. The SMILES string of the molecule is CCCCOC(=O)NC(Cc1ccc(OCC(C)CCC)cc1)OC(C)=O. The standard InChI is InChI=1S/C21H33NO5/c1-5-7-13-25-21(24)22-20(27-17(4)23)14-18-9-11-19(12-10-18)26-15-16(3)8-6-2/h9-12,16,20H,5-8,13-15H2,1-4H3,(H,22,24). The summed E-state index contributed by atoms with van der Waals surface area (Å²) in [6.45, 7) is 8.70. The lowest BCUT2D eigenvalue weighted by molar-refractivity contribution is -0.147. The Morgan fingerprint density at radius 1 is 1.11 bits per heavy atom. The summed E-state index contributed by atoms with van der Waals surface area (Å²) in [7, 11) is 0. The molecule has 27 heavy (non-hydrogen) atoms. The molecule has 0 aliphatic heterocycles. The molecular formula is C21H33NO5. The fraction of sp³-hybridized carbons (Fsp3) is 0.619. The Morgan fingerprint density at radius 2 is 1.81 bits per heavy atom. The minimum Gasteiger partial charge on any atom is -0.493 e. The first-order valence-corrected chi connectivity index (χ1v) is 9.76. The van der Waals surface area contributed by atoms with Gasteiger partial charge in [-0.3, -0.25) is 10.1 Å². The zero-order chi connectivity index (χ0) is 20.1. The number of rotatable bonds is 12. The van der Waals surface area contributed by atoms with Gasteiger partial charge in [0.25, 0.3) is 0 Å². The summed E-state index contributed by atoms with van der Waals surface area (Å²) < 4.78 is 16.0. The second kappa shape index (κ2) is 13.0. The van der Waals surface area contributed by atoms with Crippen LogP contribution >= 0.6 is 0 Å². The molecule has 0 aliphatic rings. The number of carbonyl (C=O) groups excluding carboxylic acids is 2. The first-order valence-electron chi connectivity index (χ1n) is 9.76. The topological polar surface area (TPSA) is 73.9 Å². The van der Waals surface area contributed by atoms with Gasteiger partial charge in [-0.15, -0.1) is 0 Å². The Balaban J connectivity index is 2.56. The highest BCUT2D eigenvalue weighted by Gasteiger charge is 2.17. The highest BCUT2D eigenvalue weighted by Crippen LogP contribution is 2.16. The first-order chi connectivity index (χ1) is 12.9. The summed E-state index contributed by atoms with van der Waals surface area (Å²) in [6, 6.07) is 7.58. The van der Waals surface area contributed by atoms with Crippen LogP contribution in [0.1, 0.15) is 58.9 Å². The summed E-state index contributed by atoms with van der Waals surface area (Å²) in [5, 5.41) is 2.59. The zero-order valence-corrected chi connectivity index (χ0v) is 17.0. The van der Waals surface area contributed by atoms with Gasteiger partial charge < -0.3 is 14.2 Å². The number of alkyl carbamates (subject to hydrolysis) is 1. The molecule has 0 aromatic heterocycles. The van der Waals surface area contributed by atoms with Crippen LogP contribution in [0.5, 0.6) is 5.75 Å². The molecule has 1 aromatic carbocycles. The highest BCUT2D eigenvalue weighted by atomic mass is 16.6. The molecule has 1 rings (SSSR count). The van der Waals surface area contributed by atoms with Crippen LogP contribution < -0.4 is 10.1 Å². The van der Waals surface area contributed by atoms with Crippen LogP contribution in [-0.2, 0) is 20.7 Å². The van der Waals surface area contributed by atoms with Crippen molar-refractivity contribution in [3.63, 3.8) is 0 Å². The zero-order valence-electron chi connectivity index (χ0n) is 17.0. The van der Waals surface area contributed by atoms with Gasteiger partial charge in [0, 0.05) is 13.3 Å². The van der Waals surface area contributed by atoms with Crippen LogP contribution in [0, 0.1) is 5.92 Å². The molecule has 0 saturated heterocycles. The molecule has 1 amide bonds. The van der Waals surface area contributed by atoms with Crippen LogP contribution in [0.25, 0.3) is 0 Å². The molecule has 2 unspecified atom stereocenters. The third-order valence-electron chi connectivity index (χ3n) is 3.98. The number of ether oxygens (including phenoxy) is 3. The lowest BCUT2D eigenvalue weighted by Crippen LogP contribution is -2.40. The van der Waals surface area contributed by atoms with Gasteiger partial charge in [0.15, 0.2) is 6.23 Å². The number of hydrogen-bond acceptors (Lipinski definition) is 5.